The van der Waals surface area contributed by atoms with Crippen molar-refractivity contribution >= 4 is 30.4 Å². The number of hydrogen-bond donors (Lipinski definition) is 2. The van der Waals surface area contributed by atoms with Gasteiger partial charge in [0, 0.05) is 0 Å². The predicted molar refractivity (Wildman–Crippen MR) is 113 cm³/mol. The number of esters is 1. The number of carbonyl (C=O) groups is 3. The second-order valence-corrected chi connectivity index (χ2v) is 8.63. The summed E-state index contributed by atoms with van der Waals surface area (Å²) < 4.78 is 22.4. The standard InChI is InChI=1S/C21H30BNO8/c1-8-29-15-11-13(22-30-19(2,3)20(4,5)31-22)9-10-14(15)17(26)23-21(6,12-16(24)25)18(27)28-7/h9-11H,8,12H2,1-7H3,(H,23,26)(H,24,25). The first-order valence-corrected chi connectivity index (χ1v) is 10.0. The Bertz CT molecular complexity index is 853. The Morgan fingerprint density at radius 1 is 1.16 bits per heavy atom. The summed E-state index contributed by atoms with van der Waals surface area (Å²) in [6.45, 7) is 11.1. The minimum Gasteiger partial charge on any atom is -0.493 e. The number of benzene rings is 1. The highest BCUT2D eigenvalue weighted by Crippen LogP contribution is 2.36. The summed E-state index contributed by atoms with van der Waals surface area (Å²) in [5, 5.41) is 11.6. The van der Waals surface area contributed by atoms with Crippen LogP contribution in [0, 0.1) is 0 Å². The molecule has 1 saturated heterocycles. The van der Waals surface area contributed by atoms with E-state index < -0.39 is 48.1 Å². The first kappa shape index (κ1) is 24.7. The minimum absolute atomic E-state index is 0.141. The summed E-state index contributed by atoms with van der Waals surface area (Å²) in [4.78, 5) is 36.3. The molecule has 1 heterocycles. The fraction of sp³-hybridized carbons (Fsp3) is 0.571. The third-order valence-electron chi connectivity index (χ3n) is 5.61. The summed E-state index contributed by atoms with van der Waals surface area (Å²) in [5.74, 6) is -2.53. The van der Waals surface area contributed by atoms with Crippen LogP contribution in [0.5, 0.6) is 5.75 Å². The average Bonchev–Trinajstić information content (AvgIpc) is 2.87. The monoisotopic (exact) mass is 435 g/mol. The number of amides is 1. The Labute approximate surface area is 182 Å². The van der Waals surface area contributed by atoms with Gasteiger partial charge >= 0.3 is 19.1 Å². The number of rotatable bonds is 8. The maximum absolute atomic E-state index is 12.9. The van der Waals surface area contributed by atoms with Crippen molar-refractivity contribution in [2.45, 2.75) is 64.7 Å². The van der Waals surface area contributed by atoms with E-state index in [1.807, 2.05) is 27.7 Å². The summed E-state index contributed by atoms with van der Waals surface area (Å²) in [5.41, 5.74) is -1.99. The molecule has 1 amide bonds. The molecule has 0 bridgehead atoms. The third-order valence-corrected chi connectivity index (χ3v) is 5.61. The predicted octanol–water partition coefficient (Wildman–Crippen LogP) is 1.52. The number of ether oxygens (including phenoxy) is 2. The van der Waals surface area contributed by atoms with Crippen LogP contribution in [0.1, 0.15) is 58.3 Å². The van der Waals surface area contributed by atoms with Gasteiger partial charge in [-0.05, 0) is 59.1 Å². The van der Waals surface area contributed by atoms with Gasteiger partial charge in [-0.15, -0.1) is 0 Å². The van der Waals surface area contributed by atoms with Crippen molar-refractivity contribution in [3.05, 3.63) is 23.8 Å². The van der Waals surface area contributed by atoms with Crippen LogP contribution in [0.15, 0.2) is 18.2 Å². The molecule has 170 valence electrons. The van der Waals surface area contributed by atoms with Crippen LogP contribution in [-0.2, 0) is 23.6 Å². The lowest BCUT2D eigenvalue weighted by atomic mass is 9.78. The fourth-order valence-electron chi connectivity index (χ4n) is 3.14. The molecule has 9 nitrogen and oxygen atoms in total. The third kappa shape index (κ3) is 5.19. The van der Waals surface area contributed by atoms with E-state index in [0.717, 1.165) is 7.11 Å². The zero-order valence-corrected chi connectivity index (χ0v) is 19.0. The van der Waals surface area contributed by atoms with Gasteiger partial charge in [-0.25, -0.2) is 4.79 Å². The highest BCUT2D eigenvalue weighted by atomic mass is 16.7. The van der Waals surface area contributed by atoms with E-state index >= 15 is 0 Å². The number of nitrogens with one attached hydrogen (secondary N) is 1. The zero-order chi connectivity index (χ0) is 23.6. The number of carbonyl (C=O) groups excluding carboxylic acids is 2. The second kappa shape index (κ2) is 8.88. The van der Waals surface area contributed by atoms with Crippen LogP contribution in [0.2, 0.25) is 0 Å². The molecule has 0 radical (unpaired) electrons. The molecule has 1 unspecified atom stereocenters. The molecule has 31 heavy (non-hydrogen) atoms. The van der Waals surface area contributed by atoms with Crippen molar-refractivity contribution in [2.75, 3.05) is 13.7 Å². The Kier molecular flexibility index (Phi) is 7.07. The van der Waals surface area contributed by atoms with E-state index in [-0.39, 0.29) is 17.9 Å². The normalized spacial score (nSPS) is 18.7. The molecular weight excluding hydrogens is 405 g/mol. The van der Waals surface area contributed by atoms with E-state index in [0.29, 0.717) is 5.46 Å². The smallest absolute Gasteiger partial charge is 0.493 e. The van der Waals surface area contributed by atoms with Gasteiger partial charge in [0.05, 0.1) is 36.9 Å². The molecule has 1 aliphatic rings. The van der Waals surface area contributed by atoms with Crippen LogP contribution in [-0.4, -0.2) is 60.5 Å². The van der Waals surface area contributed by atoms with Crippen LogP contribution >= 0.6 is 0 Å². The van der Waals surface area contributed by atoms with Gasteiger partial charge in [-0.2, -0.15) is 0 Å². The summed E-state index contributed by atoms with van der Waals surface area (Å²) in [7, 11) is 0.480. The number of methoxy groups -OCH3 is 1. The van der Waals surface area contributed by atoms with Crippen molar-refractivity contribution in [2.24, 2.45) is 0 Å². The first-order chi connectivity index (χ1) is 14.3. The maximum atomic E-state index is 12.9. The molecule has 0 spiro atoms. The zero-order valence-electron chi connectivity index (χ0n) is 19.0. The molecular formula is C21H30BNO8. The van der Waals surface area contributed by atoms with Gasteiger partial charge in [0.15, 0.2) is 0 Å². The highest BCUT2D eigenvalue weighted by molar-refractivity contribution is 6.62. The number of hydrogen-bond acceptors (Lipinski definition) is 7. The van der Waals surface area contributed by atoms with Crippen molar-refractivity contribution in [3.63, 3.8) is 0 Å². The topological polar surface area (TPSA) is 120 Å². The number of carboxylic acid groups (broad SMARTS) is 1. The van der Waals surface area contributed by atoms with Crippen LogP contribution < -0.4 is 15.5 Å². The lowest BCUT2D eigenvalue weighted by molar-refractivity contribution is -0.152. The molecule has 2 rings (SSSR count). The Morgan fingerprint density at radius 3 is 2.23 bits per heavy atom. The van der Waals surface area contributed by atoms with Crippen molar-refractivity contribution < 1.29 is 38.3 Å². The van der Waals surface area contributed by atoms with E-state index in [4.69, 9.17) is 19.2 Å². The van der Waals surface area contributed by atoms with Gasteiger partial charge in [0.2, 0.25) is 0 Å². The largest absolute Gasteiger partial charge is 0.494 e. The Morgan fingerprint density at radius 2 is 1.74 bits per heavy atom. The maximum Gasteiger partial charge on any atom is 0.494 e. The summed E-state index contributed by atoms with van der Waals surface area (Å²) in [6.07, 6.45) is -0.638. The summed E-state index contributed by atoms with van der Waals surface area (Å²) in [6, 6.07) is 4.85. The molecule has 1 aliphatic heterocycles. The molecule has 0 aromatic heterocycles. The van der Waals surface area contributed by atoms with E-state index in [2.05, 4.69) is 10.1 Å². The van der Waals surface area contributed by atoms with Crippen molar-refractivity contribution in [1.29, 1.82) is 0 Å². The van der Waals surface area contributed by atoms with Crippen molar-refractivity contribution in [3.8, 4) is 5.75 Å². The lowest BCUT2D eigenvalue weighted by Crippen LogP contribution is -2.54. The second-order valence-electron chi connectivity index (χ2n) is 8.63. The number of carboxylic acids is 1. The van der Waals surface area contributed by atoms with Crippen LogP contribution in [0.25, 0.3) is 0 Å². The van der Waals surface area contributed by atoms with Crippen LogP contribution in [0.4, 0.5) is 0 Å². The van der Waals surface area contributed by atoms with Crippen LogP contribution in [0.3, 0.4) is 0 Å². The van der Waals surface area contributed by atoms with E-state index in [1.54, 1.807) is 19.1 Å². The Hall–Kier alpha value is -2.59. The molecule has 0 saturated carbocycles. The van der Waals surface area contributed by atoms with Crippen molar-refractivity contribution in [1.82, 2.24) is 5.32 Å². The fourth-order valence-corrected chi connectivity index (χ4v) is 3.14. The van der Waals surface area contributed by atoms with E-state index in [9.17, 15) is 14.4 Å². The first-order valence-electron chi connectivity index (χ1n) is 10.0. The van der Waals surface area contributed by atoms with Gasteiger partial charge in [0.1, 0.15) is 11.3 Å². The molecule has 2 N–H and O–H groups in total. The van der Waals surface area contributed by atoms with Gasteiger partial charge in [-0.1, -0.05) is 6.07 Å². The Balaban J connectivity index is 2.35. The molecule has 1 fully saturated rings. The van der Waals surface area contributed by atoms with E-state index in [1.165, 1.54) is 13.0 Å². The van der Waals surface area contributed by atoms with Gasteiger partial charge < -0.3 is 29.2 Å². The highest BCUT2D eigenvalue weighted by Gasteiger charge is 2.52. The molecule has 0 aliphatic carbocycles. The SMILES string of the molecule is CCOc1cc(B2OC(C)(C)C(C)(C)O2)ccc1C(=O)NC(C)(CC(=O)O)C(=O)OC. The quantitative estimate of drug-likeness (QED) is 0.466. The number of aliphatic carboxylic acids is 1. The summed E-state index contributed by atoms with van der Waals surface area (Å²) >= 11 is 0. The molecule has 1 aromatic carbocycles. The average molecular weight is 435 g/mol. The minimum atomic E-state index is -1.74. The molecule has 10 heteroatoms. The molecule has 1 aromatic rings. The lowest BCUT2D eigenvalue weighted by Gasteiger charge is -2.32. The van der Waals surface area contributed by atoms with Gasteiger partial charge in [0.25, 0.3) is 5.91 Å². The van der Waals surface area contributed by atoms with Gasteiger partial charge in [-0.3, -0.25) is 9.59 Å². The molecule has 1 atom stereocenters.